The minimum atomic E-state index is 0.558. The highest BCUT2D eigenvalue weighted by Gasteiger charge is 2.07. The molecule has 0 radical (unpaired) electrons. The third kappa shape index (κ3) is 6.88. The Kier molecular flexibility index (Phi) is 8.49. The summed E-state index contributed by atoms with van der Waals surface area (Å²) < 4.78 is 5.55. The van der Waals surface area contributed by atoms with Crippen LogP contribution in [0.25, 0.3) is 0 Å². The van der Waals surface area contributed by atoms with Crippen molar-refractivity contribution < 1.29 is 4.74 Å². The lowest BCUT2D eigenvalue weighted by molar-refractivity contribution is 0.133. The van der Waals surface area contributed by atoms with Crippen LogP contribution in [0.15, 0.2) is 46.8 Å². The van der Waals surface area contributed by atoms with Crippen LogP contribution >= 0.6 is 11.3 Å². The van der Waals surface area contributed by atoms with Crippen LogP contribution in [0.4, 0.5) is 0 Å². The fourth-order valence-electron chi connectivity index (χ4n) is 2.60. The maximum absolute atomic E-state index is 5.55. The topological polar surface area (TPSA) is 45.6 Å². The van der Waals surface area contributed by atoms with Gasteiger partial charge in [-0.2, -0.15) is 0 Å². The van der Waals surface area contributed by atoms with Gasteiger partial charge in [-0.1, -0.05) is 37.3 Å². The van der Waals surface area contributed by atoms with Crippen molar-refractivity contribution in [2.75, 3.05) is 20.2 Å². The molecule has 1 atom stereocenters. The molecular formula is C20H29N3OS. The van der Waals surface area contributed by atoms with E-state index in [1.807, 2.05) is 25.3 Å². The molecule has 0 aliphatic rings. The molecule has 1 aromatic heterocycles. The second kappa shape index (κ2) is 10.9. The summed E-state index contributed by atoms with van der Waals surface area (Å²) >= 11 is 1.82. The zero-order chi connectivity index (χ0) is 17.9. The van der Waals surface area contributed by atoms with Crippen LogP contribution in [0.3, 0.4) is 0 Å². The van der Waals surface area contributed by atoms with Crippen molar-refractivity contribution in [2.24, 2.45) is 10.9 Å². The number of hydrogen-bond donors (Lipinski definition) is 2. The number of guanidine groups is 1. The fourth-order valence-corrected chi connectivity index (χ4v) is 3.47. The highest BCUT2D eigenvalue weighted by molar-refractivity contribution is 7.09. The van der Waals surface area contributed by atoms with E-state index in [0.29, 0.717) is 12.5 Å². The van der Waals surface area contributed by atoms with Gasteiger partial charge in [0, 0.05) is 31.6 Å². The van der Waals surface area contributed by atoms with Gasteiger partial charge in [-0.25, -0.2) is 0 Å². The zero-order valence-electron chi connectivity index (χ0n) is 15.4. The molecule has 4 nitrogen and oxygen atoms in total. The van der Waals surface area contributed by atoms with Crippen LogP contribution in [0, 0.1) is 5.92 Å². The van der Waals surface area contributed by atoms with Crippen molar-refractivity contribution in [3.05, 3.63) is 57.8 Å². The smallest absolute Gasteiger partial charge is 0.191 e. The third-order valence-electron chi connectivity index (χ3n) is 4.00. The monoisotopic (exact) mass is 359 g/mol. The van der Waals surface area contributed by atoms with E-state index in [-0.39, 0.29) is 0 Å². The Balaban J connectivity index is 1.80. The standard InChI is InChI=1S/C20H29N3OS/c1-4-24-15-18-9-6-5-8-17(18)14-23-20(21-3)22-13-16(2)12-19-10-7-11-25-19/h5-11,16H,4,12-15H2,1-3H3,(H2,21,22,23). The Bertz CT molecular complexity index is 640. The van der Waals surface area contributed by atoms with E-state index in [0.717, 1.165) is 32.1 Å². The lowest BCUT2D eigenvalue weighted by Crippen LogP contribution is -2.39. The fraction of sp³-hybridized carbons (Fsp3) is 0.450. The molecule has 2 N–H and O–H groups in total. The van der Waals surface area contributed by atoms with Gasteiger partial charge in [0.1, 0.15) is 0 Å². The van der Waals surface area contributed by atoms with E-state index in [9.17, 15) is 0 Å². The number of nitrogens with zero attached hydrogens (tertiary/aromatic N) is 1. The number of ether oxygens (including phenoxy) is 1. The molecule has 2 rings (SSSR count). The predicted octanol–water partition coefficient (Wildman–Crippen LogP) is 3.83. The predicted molar refractivity (Wildman–Crippen MR) is 107 cm³/mol. The van der Waals surface area contributed by atoms with E-state index >= 15 is 0 Å². The Hall–Kier alpha value is -1.85. The van der Waals surface area contributed by atoms with Crippen molar-refractivity contribution >= 4 is 17.3 Å². The molecule has 2 aromatic rings. The molecule has 0 bridgehead atoms. The molecule has 0 saturated carbocycles. The van der Waals surface area contributed by atoms with Gasteiger partial charge in [0.15, 0.2) is 5.96 Å². The normalized spacial score (nSPS) is 12.8. The van der Waals surface area contributed by atoms with Crippen molar-refractivity contribution in [2.45, 2.75) is 33.4 Å². The number of thiophene rings is 1. The summed E-state index contributed by atoms with van der Waals surface area (Å²) in [4.78, 5) is 5.76. The summed E-state index contributed by atoms with van der Waals surface area (Å²) in [7, 11) is 1.81. The molecule has 1 aromatic carbocycles. The molecule has 5 heteroatoms. The van der Waals surface area contributed by atoms with E-state index < -0.39 is 0 Å². The second-order valence-electron chi connectivity index (χ2n) is 6.10. The maximum Gasteiger partial charge on any atom is 0.191 e. The summed E-state index contributed by atoms with van der Waals surface area (Å²) in [6, 6.07) is 12.7. The lowest BCUT2D eigenvalue weighted by atomic mass is 10.1. The first-order valence-electron chi connectivity index (χ1n) is 8.84. The van der Waals surface area contributed by atoms with Gasteiger partial charge in [0.05, 0.1) is 6.61 Å². The molecule has 136 valence electrons. The number of hydrogen-bond acceptors (Lipinski definition) is 3. The molecule has 0 aliphatic carbocycles. The molecule has 1 heterocycles. The highest BCUT2D eigenvalue weighted by Crippen LogP contribution is 2.14. The van der Waals surface area contributed by atoms with Gasteiger partial charge in [-0.15, -0.1) is 11.3 Å². The molecule has 25 heavy (non-hydrogen) atoms. The van der Waals surface area contributed by atoms with Crippen LogP contribution < -0.4 is 10.6 Å². The van der Waals surface area contributed by atoms with Crippen LogP contribution in [-0.2, 0) is 24.3 Å². The first kappa shape index (κ1) is 19.5. The average Bonchev–Trinajstić information content (AvgIpc) is 3.13. The SMILES string of the molecule is CCOCc1ccccc1CNC(=NC)NCC(C)Cc1cccs1. The Morgan fingerprint density at radius 3 is 2.64 bits per heavy atom. The van der Waals surface area contributed by atoms with Gasteiger partial charge in [-0.3, -0.25) is 4.99 Å². The summed E-state index contributed by atoms with van der Waals surface area (Å²) in [5.41, 5.74) is 2.46. The highest BCUT2D eigenvalue weighted by atomic mass is 32.1. The van der Waals surface area contributed by atoms with Crippen LogP contribution in [0.1, 0.15) is 29.9 Å². The molecule has 0 amide bonds. The minimum absolute atomic E-state index is 0.558. The second-order valence-corrected chi connectivity index (χ2v) is 7.13. The largest absolute Gasteiger partial charge is 0.377 e. The quantitative estimate of drug-likeness (QED) is 0.528. The van der Waals surface area contributed by atoms with Crippen LogP contribution in [0.5, 0.6) is 0 Å². The van der Waals surface area contributed by atoms with Crippen molar-refractivity contribution in [1.82, 2.24) is 10.6 Å². The van der Waals surface area contributed by atoms with E-state index in [4.69, 9.17) is 4.74 Å². The van der Waals surface area contributed by atoms with E-state index in [2.05, 4.69) is 64.3 Å². The van der Waals surface area contributed by atoms with E-state index in [1.54, 1.807) is 0 Å². The molecule has 0 saturated heterocycles. The molecule has 0 aliphatic heterocycles. The van der Waals surface area contributed by atoms with Crippen LogP contribution in [0.2, 0.25) is 0 Å². The Morgan fingerprint density at radius 1 is 1.16 bits per heavy atom. The molecule has 0 spiro atoms. The number of nitrogens with one attached hydrogen (secondary N) is 2. The van der Waals surface area contributed by atoms with Crippen molar-refractivity contribution in [1.29, 1.82) is 0 Å². The summed E-state index contributed by atoms with van der Waals surface area (Å²) in [5, 5.41) is 8.96. The van der Waals surface area contributed by atoms with Gasteiger partial charge < -0.3 is 15.4 Å². The number of rotatable bonds is 9. The Labute approximate surface area is 155 Å². The van der Waals surface area contributed by atoms with Crippen molar-refractivity contribution in [3.8, 4) is 0 Å². The molecular weight excluding hydrogens is 330 g/mol. The molecule has 0 fully saturated rings. The number of aliphatic imine (C=N–C) groups is 1. The van der Waals surface area contributed by atoms with Crippen LogP contribution in [-0.4, -0.2) is 26.2 Å². The average molecular weight is 360 g/mol. The molecule has 1 unspecified atom stereocenters. The van der Waals surface area contributed by atoms with Crippen molar-refractivity contribution in [3.63, 3.8) is 0 Å². The first-order chi connectivity index (χ1) is 12.2. The Morgan fingerprint density at radius 2 is 1.96 bits per heavy atom. The van der Waals surface area contributed by atoms with Gasteiger partial charge >= 0.3 is 0 Å². The van der Waals surface area contributed by atoms with Gasteiger partial charge in [-0.05, 0) is 41.8 Å². The van der Waals surface area contributed by atoms with Gasteiger partial charge in [0.25, 0.3) is 0 Å². The summed E-state index contributed by atoms with van der Waals surface area (Å²) in [6.45, 7) is 7.30. The van der Waals surface area contributed by atoms with Gasteiger partial charge in [0.2, 0.25) is 0 Å². The van der Waals surface area contributed by atoms with E-state index in [1.165, 1.54) is 16.0 Å². The minimum Gasteiger partial charge on any atom is -0.377 e. The zero-order valence-corrected chi connectivity index (χ0v) is 16.2. The first-order valence-corrected chi connectivity index (χ1v) is 9.72. The number of benzene rings is 1. The summed E-state index contributed by atoms with van der Waals surface area (Å²) in [6.07, 6.45) is 1.10. The third-order valence-corrected chi connectivity index (χ3v) is 4.90. The lowest BCUT2D eigenvalue weighted by Gasteiger charge is -2.17. The summed E-state index contributed by atoms with van der Waals surface area (Å²) in [5.74, 6) is 1.40. The maximum atomic E-state index is 5.55.